The highest BCUT2D eigenvalue weighted by Crippen LogP contribution is 2.63. The molecule has 0 aliphatic heterocycles. The van der Waals surface area contributed by atoms with Gasteiger partial charge < -0.3 is 0 Å². The van der Waals surface area contributed by atoms with Crippen molar-refractivity contribution in [2.75, 3.05) is 0 Å². The first kappa shape index (κ1) is 20.9. The molecule has 1 heteroatoms. The van der Waals surface area contributed by atoms with Crippen LogP contribution in [0.2, 0.25) is 0 Å². The summed E-state index contributed by atoms with van der Waals surface area (Å²) in [5.74, 6) is 3.69. The smallest absolute Gasteiger partial charge is 0.156 e. The van der Waals surface area contributed by atoms with Gasteiger partial charge in [0.05, 0.1) is 0 Å². The van der Waals surface area contributed by atoms with Gasteiger partial charge in [0.1, 0.15) is 0 Å². The van der Waals surface area contributed by atoms with Gasteiger partial charge in [0.2, 0.25) is 0 Å². The number of allylic oxidation sites excluding steroid dienone is 8. The molecule has 0 amide bonds. The van der Waals surface area contributed by atoms with Crippen LogP contribution < -0.4 is 0 Å². The van der Waals surface area contributed by atoms with E-state index in [1.807, 2.05) is 6.08 Å². The second-order valence-corrected chi connectivity index (χ2v) is 11.3. The van der Waals surface area contributed by atoms with Crippen molar-refractivity contribution in [3.05, 3.63) is 47.1 Å². The molecule has 0 aromatic heterocycles. The maximum Gasteiger partial charge on any atom is 0.156 e. The average Bonchev–Trinajstić information content (AvgIpc) is 3.03. The van der Waals surface area contributed by atoms with E-state index in [1.165, 1.54) is 31.3 Å². The van der Waals surface area contributed by atoms with Gasteiger partial charge in [0.25, 0.3) is 0 Å². The predicted octanol–water partition coefficient (Wildman–Crippen LogP) is 7.46. The fourth-order valence-corrected chi connectivity index (χ4v) is 6.91. The Balaban J connectivity index is 1.65. The van der Waals surface area contributed by atoms with Gasteiger partial charge in [0, 0.05) is 6.42 Å². The molecule has 4 aliphatic rings. The zero-order valence-corrected chi connectivity index (χ0v) is 19.4. The minimum atomic E-state index is 0.169. The Morgan fingerprint density at radius 3 is 2.45 bits per heavy atom. The molecule has 4 rings (SSSR count). The van der Waals surface area contributed by atoms with Crippen LogP contribution in [-0.4, -0.2) is 5.78 Å². The van der Waals surface area contributed by atoms with E-state index >= 15 is 0 Å². The summed E-state index contributed by atoms with van der Waals surface area (Å²) in [6.07, 6.45) is 18.5. The molecule has 0 N–H and O–H groups in total. The van der Waals surface area contributed by atoms with Crippen LogP contribution in [0.1, 0.15) is 80.1 Å². The molecule has 6 atom stereocenters. The quantitative estimate of drug-likeness (QED) is 0.454. The van der Waals surface area contributed by atoms with Crippen molar-refractivity contribution in [2.45, 2.75) is 80.1 Å². The molecule has 0 heterocycles. The first-order valence-corrected chi connectivity index (χ1v) is 12.0. The Bertz CT molecular complexity index is 806. The van der Waals surface area contributed by atoms with Gasteiger partial charge in [-0.3, -0.25) is 4.79 Å². The third-order valence-electron chi connectivity index (χ3n) is 9.37. The van der Waals surface area contributed by atoms with Gasteiger partial charge in [-0.25, -0.2) is 0 Å². The predicted molar refractivity (Wildman–Crippen MR) is 122 cm³/mol. The summed E-state index contributed by atoms with van der Waals surface area (Å²) in [5, 5.41) is 0. The number of hydrogen-bond acceptors (Lipinski definition) is 1. The first-order chi connectivity index (χ1) is 13.7. The lowest BCUT2D eigenvalue weighted by Crippen LogP contribution is -2.41. The second-order valence-electron chi connectivity index (χ2n) is 11.3. The highest BCUT2D eigenvalue weighted by molar-refractivity contribution is 5.92. The summed E-state index contributed by atoms with van der Waals surface area (Å²) < 4.78 is 0. The number of hydrogen-bond donors (Lipinski definition) is 0. The number of carbonyl (C=O) groups is 1. The molecule has 0 aromatic carbocycles. The lowest BCUT2D eigenvalue weighted by Gasteiger charge is -2.51. The minimum absolute atomic E-state index is 0.169. The van der Waals surface area contributed by atoms with Crippen molar-refractivity contribution in [2.24, 2.45) is 40.4 Å². The van der Waals surface area contributed by atoms with Gasteiger partial charge in [-0.15, -0.1) is 0 Å². The Kier molecular flexibility index (Phi) is 5.33. The summed E-state index contributed by atoms with van der Waals surface area (Å²) in [7, 11) is 0. The number of fused-ring (bicyclic) bond motifs is 4. The van der Waals surface area contributed by atoms with Crippen molar-refractivity contribution < 1.29 is 4.79 Å². The molecular formula is C28H40O. The maximum absolute atomic E-state index is 12.0. The van der Waals surface area contributed by atoms with Crippen LogP contribution in [0.15, 0.2) is 47.1 Å². The molecule has 0 radical (unpaired) electrons. The van der Waals surface area contributed by atoms with Gasteiger partial charge in [-0.2, -0.15) is 0 Å². The second kappa shape index (κ2) is 7.40. The van der Waals surface area contributed by atoms with Crippen LogP contribution in [0, 0.1) is 40.4 Å². The summed E-state index contributed by atoms with van der Waals surface area (Å²) in [5.41, 5.74) is 5.21. The monoisotopic (exact) mass is 392 g/mol. The van der Waals surface area contributed by atoms with Crippen LogP contribution in [0.5, 0.6) is 0 Å². The van der Waals surface area contributed by atoms with E-state index < -0.39 is 0 Å². The topological polar surface area (TPSA) is 17.1 Å². The average molecular weight is 393 g/mol. The van der Waals surface area contributed by atoms with Crippen molar-refractivity contribution in [3.8, 4) is 0 Å². The van der Waals surface area contributed by atoms with Crippen LogP contribution in [0.3, 0.4) is 0 Å². The largest absolute Gasteiger partial charge is 0.295 e. The summed E-state index contributed by atoms with van der Waals surface area (Å²) in [6.45, 7) is 14.4. The normalized spacial score (nSPS) is 38.7. The molecule has 0 spiro atoms. The Labute approximate surface area is 178 Å². The van der Waals surface area contributed by atoms with Crippen LogP contribution in [0.4, 0.5) is 0 Å². The molecule has 1 saturated carbocycles. The van der Waals surface area contributed by atoms with Crippen LogP contribution in [-0.2, 0) is 4.79 Å². The highest BCUT2D eigenvalue weighted by Gasteiger charge is 2.53. The molecule has 4 aliphatic carbocycles. The van der Waals surface area contributed by atoms with E-state index in [4.69, 9.17) is 0 Å². The van der Waals surface area contributed by atoms with Crippen LogP contribution in [0.25, 0.3) is 0 Å². The number of rotatable bonds is 4. The SMILES string of the molecule is CC(C)C(C)/C=C\C(C)C1CCC2=C3C=CC4=CC(=O)CCC4(C)C3CCC21C. The minimum Gasteiger partial charge on any atom is -0.295 e. The van der Waals surface area contributed by atoms with E-state index in [-0.39, 0.29) is 5.41 Å². The lowest BCUT2D eigenvalue weighted by atomic mass is 9.53. The van der Waals surface area contributed by atoms with Crippen LogP contribution >= 0.6 is 0 Å². The molecule has 1 fully saturated rings. The highest BCUT2D eigenvalue weighted by atomic mass is 16.1. The van der Waals surface area contributed by atoms with E-state index in [0.717, 1.165) is 18.8 Å². The number of ketones is 1. The van der Waals surface area contributed by atoms with E-state index in [0.29, 0.717) is 34.9 Å². The van der Waals surface area contributed by atoms with Gasteiger partial charge >= 0.3 is 0 Å². The molecular weight excluding hydrogens is 352 g/mol. The fourth-order valence-electron chi connectivity index (χ4n) is 6.91. The summed E-state index contributed by atoms with van der Waals surface area (Å²) in [6, 6.07) is 0. The lowest BCUT2D eigenvalue weighted by molar-refractivity contribution is -0.116. The Morgan fingerprint density at radius 1 is 0.966 bits per heavy atom. The van der Waals surface area contributed by atoms with E-state index in [9.17, 15) is 4.79 Å². The van der Waals surface area contributed by atoms with Gasteiger partial charge in [-0.05, 0) is 89.7 Å². The number of carbonyl (C=O) groups excluding carboxylic acids is 1. The molecule has 0 bridgehead atoms. The van der Waals surface area contributed by atoms with Crippen molar-refractivity contribution in [3.63, 3.8) is 0 Å². The maximum atomic E-state index is 12.0. The molecule has 1 nitrogen and oxygen atoms in total. The van der Waals surface area contributed by atoms with E-state index in [1.54, 1.807) is 11.1 Å². The Morgan fingerprint density at radius 2 is 1.72 bits per heavy atom. The molecule has 0 aromatic rings. The van der Waals surface area contributed by atoms with E-state index in [2.05, 4.69) is 65.8 Å². The molecule has 29 heavy (non-hydrogen) atoms. The van der Waals surface area contributed by atoms with Crippen molar-refractivity contribution in [1.82, 2.24) is 0 Å². The third kappa shape index (κ3) is 3.33. The molecule has 158 valence electrons. The molecule has 6 unspecified atom stereocenters. The van der Waals surface area contributed by atoms with Crippen molar-refractivity contribution in [1.29, 1.82) is 0 Å². The third-order valence-corrected chi connectivity index (χ3v) is 9.37. The summed E-state index contributed by atoms with van der Waals surface area (Å²) >= 11 is 0. The fraction of sp³-hybridized carbons (Fsp3) is 0.679. The zero-order valence-electron chi connectivity index (χ0n) is 19.4. The Hall–Kier alpha value is -1.37. The first-order valence-electron chi connectivity index (χ1n) is 12.0. The summed E-state index contributed by atoms with van der Waals surface area (Å²) in [4.78, 5) is 12.0. The van der Waals surface area contributed by atoms with Gasteiger partial charge in [-0.1, -0.05) is 71.4 Å². The van der Waals surface area contributed by atoms with Gasteiger partial charge in [0.15, 0.2) is 5.78 Å². The van der Waals surface area contributed by atoms with Crippen molar-refractivity contribution >= 4 is 5.78 Å². The standard InChI is InChI=1S/C28H40O/c1-18(2)19(3)7-8-20(4)24-11-12-25-23-10-9-21-17-22(29)13-15-27(21,5)26(23)14-16-28(24,25)6/h7-10,17-20,24,26H,11-16H2,1-6H3/b8-7-. The molecule has 0 saturated heterocycles. The zero-order chi connectivity index (χ0) is 21.0.